The molecule has 0 nitrogen and oxygen atoms in total. The second-order valence-electron chi connectivity index (χ2n) is 5.54. The number of unbranched alkanes of at least 4 members (excludes halogenated alkanes) is 8. The summed E-state index contributed by atoms with van der Waals surface area (Å²) in [6, 6.07) is 0. The summed E-state index contributed by atoms with van der Waals surface area (Å²) < 4.78 is 0. The van der Waals surface area contributed by atoms with Crippen molar-refractivity contribution in [2.45, 2.75) is 90.9 Å². The molecule has 0 aromatic heterocycles. The van der Waals surface area contributed by atoms with Gasteiger partial charge in [0, 0.05) is 0 Å². The molecule has 0 saturated heterocycles. The lowest BCUT2D eigenvalue weighted by molar-refractivity contribution is 0.620. The van der Waals surface area contributed by atoms with Crippen molar-refractivity contribution >= 4 is 0 Å². The van der Waals surface area contributed by atoms with Gasteiger partial charge in [-0.3, -0.25) is 0 Å². The second-order valence-corrected chi connectivity index (χ2v) is 5.54. The maximum absolute atomic E-state index is 4.19. The largest absolute Gasteiger partial charge is 0.0956 e. The summed E-state index contributed by atoms with van der Waals surface area (Å²) in [6.07, 6.45) is 15.8. The number of hydrogen-bond acceptors (Lipinski definition) is 0. The summed E-state index contributed by atoms with van der Waals surface area (Å²) >= 11 is 0. The highest BCUT2D eigenvalue weighted by atomic mass is 14.1. The van der Waals surface area contributed by atoms with Crippen molar-refractivity contribution in [1.29, 1.82) is 0 Å². The summed E-state index contributed by atoms with van der Waals surface area (Å²) in [5.74, 6) is 0. The maximum Gasteiger partial charge on any atom is -0.0282 e. The van der Waals surface area contributed by atoms with Crippen molar-refractivity contribution < 1.29 is 0 Å². The highest BCUT2D eigenvalue weighted by Gasteiger charge is 2.00. The third-order valence-electron chi connectivity index (χ3n) is 3.66. The quantitative estimate of drug-likeness (QED) is 0.248. The van der Waals surface area contributed by atoms with E-state index in [-0.39, 0.29) is 0 Å². The molecule has 106 valence electrons. The molecule has 0 unspecified atom stereocenters. The van der Waals surface area contributed by atoms with Gasteiger partial charge in [0.1, 0.15) is 0 Å². The van der Waals surface area contributed by atoms with Crippen LogP contribution in [-0.2, 0) is 0 Å². The molecule has 18 heavy (non-hydrogen) atoms. The van der Waals surface area contributed by atoms with E-state index in [1.807, 2.05) is 0 Å². The van der Waals surface area contributed by atoms with Gasteiger partial charge in [-0.15, -0.1) is 0 Å². The lowest BCUT2D eigenvalue weighted by Gasteiger charge is -2.09. The highest BCUT2D eigenvalue weighted by molar-refractivity contribution is 5.24. The smallest absolute Gasteiger partial charge is 0.0282 e. The van der Waals surface area contributed by atoms with Crippen molar-refractivity contribution in [2.75, 3.05) is 0 Å². The first-order chi connectivity index (χ1) is 8.72. The molecule has 0 rings (SSSR count). The first kappa shape index (κ1) is 17.5. The zero-order valence-corrected chi connectivity index (χ0v) is 12.9. The van der Waals surface area contributed by atoms with E-state index in [2.05, 4.69) is 27.0 Å². The Hall–Kier alpha value is -0.520. The Labute approximate surface area is 116 Å². The molecule has 0 spiro atoms. The monoisotopic (exact) mass is 250 g/mol. The molecule has 0 aromatic rings. The van der Waals surface area contributed by atoms with Gasteiger partial charge in [-0.25, -0.2) is 0 Å². The second kappa shape index (κ2) is 12.9. The minimum absolute atomic E-state index is 1.16. The SMILES string of the molecule is C=C(CCCCCCC)C(=C)CCCCCCC. The predicted molar refractivity (Wildman–Crippen MR) is 85.0 cm³/mol. The van der Waals surface area contributed by atoms with Crippen LogP contribution >= 0.6 is 0 Å². The molecule has 0 heterocycles. The molecular weight excluding hydrogens is 216 g/mol. The van der Waals surface area contributed by atoms with Crippen LogP contribution in [0.1, 0.15) is 90.9 Å². The van der Waals surface area contributed by atoms with Gasteiger partial charge in [-0.2, -0.15) is 0 Å². The third-order valence-corrected chi connectivity index (χ3v) is 3.66. The highest BCUT2D eigenvalue weighted by Crippen LogP contribution is 2.20. The van der Waals surface area contributed by atoms with E-state index in [0.29, 0.717) is 0 Å². The van der Waals surface area contributed by atoms with Gasteiger partial charge in [0.05, 0.1) is 0 Å². The number of allylic oxidation sites excluding steroid dienone is 2. The third kappa shape index (κ3) is 10.6. The van der Waals surface area contributed by atoms with Crippen LogP contribution in [0.15, 0.2) is 24.3 Å². The number of rotatable bonds is 13. The van der Waals surface area contributed by atoms with Crippen LogP contribution in [0.3, 0.4) is 0 Å². The Morgan fingerprint density at radius 2 is 0.889 bits per heavy atom. The first-order valence-corrected chi connectivity index (χ1v) is 8.08. The molecule has 0 radical (unpaired) electrons. The molecule has 0 bridgehead atoms. The Bertz CT molecular complexity index is 188. The van der Waals surface area contributed by atoms with Crippen molar-refractivity contribution in [3.05, 3.63) is 24.3 Å². The van der Waals surface area contributed by atoms with E-state index in [1.54, 1.807) is 0 Å². The van der Waals surface area contributed by atoms with E-state index in [0.717, 1.165) is 12.8 Å². The van der Waals surface area contributed by atoms with Crippen molar-refractivity contribution in [1.82, 2.24) is 0 Å². The van der Waals surface area contributed by atoms with Crippen molar-refractivity contribution in [3.63, 3.8) is 0 Å². The van der Waals surface area contributed by atoms with Crippen LogP contribution in [0.25, 0.3) is 0 Å². The molecular formula is C18H34. The average Bonchev–Trinajstić information content (AvgIpc) is 2.37. The molecule has 0 aliphatic carbocycles. The molecule has 0 aliphatic heterocycles. The normalized spacial score (nSPS) is 10.6. The van der Waals surface area contributed by atoms with E-state index in [4.69, 9.17) is 0 Å². The zero-order valence-electron chi connectivity index (χ0n) is 12.9. The van der Waals surface area contributed by atoms with Gasteiger partial charge in [0.15, 0.2) is 0 Å². The van der Waals surface area contributed by atoms with Gasteiger partial charge in [0.2, 0.25) is 0 Å². The van der Waals surface area contributed by atoms with Crippen LogP contribution < -0.4 is 0 Å². The Balaban J connectivity index is 3.43. The fourth-order valence-corrected chi connectivity index (χ4v) is 2.24. The van der Waals surface area contributed by atoms with Crippen LogP contribution in [0.4, 0.5) is 0 Å². The van der Waals surface area contributed by atoms with Crippen LogP contribution in [-0.4, -0.2) is 0 Å². The van der Waals surface area contributed by atoms with Crippen molar-refractivity contribution in [3.8, 4) is 0 Å². The summed E-state index contributed by atoms with van der Waals surface area (Å²) in [5.41, 5.74) is 2.61. The molecule has 0 fully saturated rings. The molecule has 0 amide bonds. The van der Waals surface area contributed by atoms with Crippen LogP contribution in [0.2, 0.25) is 0 Å². The summed E-state index contributed by atoms with van der Waals surface area (Å²) in [5, 5.41) is 0. The minimum atomic E-state index is 1.16. The molecule has 0 atom stereocenters. The van der Waals surface area contributed by atoms with Gasteiger partial charge in [-0.05, 0) is 25.7 Å². The molecule has 0 aromatic carbocycles. The predicted octanol–water partition coefficient (Wildman–Crippen LogP) is 6.82. The standard InChI is InChI=1S/C18H34/c1-5-7-9-11-13-15-17(3)18(4)16-14-12-10-8-6-2/h3-16H2,1-2H3. The number of hydrogen-bond donors (Lipinski definition) is 0. The van der Waals surface area contributed by atoms with E-state index >= 15 is 0 Å². The van der Waals surface area contributed by atoms with Gasteiger partial charge in [0.25, 0.3) is 0 Å². The van der Waals surface area contributed by atoms with Crippen LogP contribution in [0.5, 0.6) is 0 Å². The Kier molecular flexibility index (Phi) is 12.6. The maximum atomic E-state index is 4.19. The minimum Gasteiger partial charge on any atom is -0.0956 e. The van der Waals surface area contributed by atoms with E-state index in [9.17, 15) is 0 Å². The zero-order chi connectivity index (χ0) is 13.6. The van der Waals surface area contributed by atoms with E-state index in [1.165, 1.54) is 75.4 Å². The lowest BCUT2D eigenvalue weighted by Crippen LogP contribution is -1.89. The Morgan fingerprint density at radius 3 is 1.22 bits per heavy atom. The van der Waals surface area contributed by atoms with Crippen molar-refractivity contribution in [2.24, 2.45) is 0 Å². The summed E-state index contributed by atoms with van der Waals surface area (Å²) in [4.78, 5) is 0. The topological polar surface area (TPSA) is 0 Å². The molecule has 0 N–H and O–H groups in total. The Morgan fingerprint density at radius 1 is 0.556 bits per heavy atom. The van der Waals surface area contributed by atoms with Gasteiger partial charge in [-0.1, -0.05) is 89.5 Å². The molecule has 0 aliphatic rings. The fraction of sp³-hybridized carbons (Fsp3) is 0.778. The fourth-order valence-electron chi connectivity index (χ4n) is 2.24. The average molecular weight is 250 g/mol. The lowest BCUT2D eigenvalue weighted by atomic mass is 9.97. The summed E-state index contributed by atoms with van der Waals surface area (Å²) in [6.45, 7) is 12.9. The van der Waals surface area contributed by atoms with Gasteiger partial charge < -0.3 is 0 Å². The molecule has 0 saturated carbocycles. The van der Waals surface area contributed by atoms with E-state index < -0.39 is 0 Å². The molecule has 0 heteroatoms. The van der Waals surface area contributed by atoms with Gasteiger partial charge >= 0.3 is 0 Å². The summed E-state index contributed by atoms with van der Waals surface area (Å²) in [7, 11) is 0. The first-order valence-electron chi connectivity index (χ1n) is 8.08. The van der Waals surface area contributed by atoms with Crippen LogP contribution in [0, 0.1) is 0 Å².